The molecule has 4 amide bonds. The number of ether oxygens (including phenoxy) is 2. The molecule has 0 radical (unpaired) electrons. The Morgan fingerprint density at radius 3 is 1.10 bits per heavy atom. The van der Waals surface area contributed by atoms with Crippen molar-refractivity contribution in [3.63, 3.8) is 0 Å². The number of halogens is 12. The molecule has 0 aromatic heterocycles. The van der Waals surface area contributed by atoms with Gasteiger partial charge >= 0.3 is 37.1 Å². The molecule has 0 saturated carbocycles. The van der Waals surface area contributed by atoms with Crippen LogP contribution in [0, 0.1) is 22.7 Å². The zero-order valence-corrected chi connectivity index (χ0v) is 36.2. The van der Waals surface area contributed by atoms with Gasteiger partial charge in [0.1, 0.15) is 11.5 Å². The second-order valence-corrected chi connectivity index (χ2v) is 14.5. The molecular formula is C48H32F12N8O4. The number of hydrazone groups is 2. The number of carbonyl (C=O) groups is 2. The summed E-state index contributed by atoms with van der Waals surface area (Å²) in [6, 6.07) is 32.1. The van der Waals surface area contributed by atoms with Crippen molar-refractivity contribution >= 4 is 34.9 Å². The molecule has 0 fully saturated rings. The van der Waals surface area contributed by atoms with Crippen molar-refractivity contribution in [2.45, 2.75) is 37.9 Å². The molecule has 4 N–H and O–H groups in total. The van der Waals surface area contributed by atoms with E-state index in [2.05, 4.69) is 41.2 Å². The average molecular weight is 1010 g/mol. The van der Waals surface area contributed by atoms with Crippen LogP contribution in [-0.4, -0.2) is 36.2 Å². The van der Waals surface area contributed by atoms with Crippen molar-refractivity contribution in [2.75, 3.05) is 10.6 Å². The number of nitriles is 2. The average Bonchev–Trinajstić information content (AvgIpc) is 3.32. The van der Waals surface area contributed by atoms with Crippen LogP contribution in [-0.2, 0) is 25.2 Å². The molecule has 0 atom stereocenters. The molecule has 24 heteroatoms. The van der Waals surface area contributed by atoms with Crippen molar-refractivity contribution < 1.29 is 71.7 Å². The Bertz CT molecular complexity index is 2760. The second kappa shape index (κ2) is 23.5. The highest BCUT2D eigenvalue weighted by molar-refractivity contribution is 6.04. The lowest BCUT2D eigenvalue weighted by atomic mass is 9.99. The molecule has 6 aromatic rings. The van der Waals surface area contributed by atoms with Crippen LogP contribution in [0.15, 0.2) is 156 Å². The van der Waals surface area contributed by atoms with Gasteiger partial charge in [0.2, 0.25) is 0 Å². The monoisotopic (exact) mass is 1010 g/mol. The Balaban J connectivity index is 0.000000267. The lowest BCUT2D eigenvalue weighted by Crippen LogP contribution is -2.26. The molecule has 6 aromatic carbocycles. The van der Waals surface area contributed by atoms with Crippen LogP contribution in [0.1, 0.15) is 44.5 Å². The minimum absolute atomic E-state index is 0.0246. The van der Waals surface area contributed by atoms with Gasteiger partial charge < -0.3 is 20.1 Å². The number of nitrogens with zero attached hydrogens (tertiary/aromatic N) is 4. The van der Waals surface area contributed by atoms with E-state index in [1.165, 1.54) is 48.5 Å². The highest BCUT2D eigenvalue weighted by Gasteiger charge is 2.33. The van der Waals surface area contributed by atoms with E-state index in [1.807, 2.05) is 12.1 Å². The Hall–Kier alpha value is -9.06. The molecular weight excluding hydrogens is 981 g/mol. The lowest BCUT2D eigenvalue weighted by molar-refractivity contribution is -0.275. The Morgan fingerprint density at radius 2 is 0.806 bits per heavy atom. The van der Waals surface area contributed by atoms with Gasteiger partial charge in [-0.1, -0.05) is 48.5 Å². The molecule has 72 heavy (non-hydrogen) atoms. The minimum Gasteiger partial charge on any atom is -0.406 e. The summed E-state index contributed by atoms with van der Waals surface area (Å²) < 4.78 is 160. The summed E-state index contributed by atoms with van der Waals surface area (Å²) in [5.74, 6) is -0.971. The van der Waals surface area contributed by atoms with E-state index in [9.17, 15) is 62.3 Å². The van der Waals surface area contributed by atoms with Crippen LogP contribution in [0.5, 0.6) is 11.5 Å². The maximum absolute atomic E-state index is 13.2. The summed E-state index contributed by atoms with van der Waals surface area (Å²) in [6.07, 6.45) is -18.9. The van der Waals surface area contributed by atoms with Gasteiger partial charge in [-0.2, -0.15) is 47.1 Å². The van der Waals surface area contributed by atoms with Crippen molar-refractivity contribution in [1.29, 1.82) is 10.5 Å². The molecule has 0 spiro atoms. The molecule has 12 nitrogen and oxygen atoms in total. The summed E-state index contributed by atoms with van der Waals surface area (Å²) in [7, 11) is 0. The van der Waals surface area contributed by atoms with E-state index >= 15 is 0 Å². The molecule has 0 unspecified atom stereocenters. The Morgan fingerprint density at radius 1 is 0.472 bits per heavy atom. The standard InChI is InChI=1S/2C24H16F6N4O2/c2*25-23(26,27)18-3-1-2-17(13-18)21(12-15-4-6-16(14-31)7-5-15)33-34-22(35)32-19-8-10-20(11-9-19)36-24(28,29)30/h2*1-11,13H,12H2,(H2,32,34,35)/b33-21+;33-21-. The van der Waals surface area contributed by atoms with E-state index in [4.69, 9.17) is 10.5 Å². The maximum Gasteiger partial charge on any atom is 0.573 e. The molecule has 0 saturated heterocycles. The van der Waals surface area contributed by atoms with Crippen LogP contribution in [0.4, 0.5) is 73.6 Å². The second-order valence-electron chi connectivity index (χ2n) is 14.5. The summed E-state index contributed by atoms with van der Waals surface area (Å²) in [5.41, 5.74) is 5.18. The van der Waals surface area contributed by atoms with Gasteiger partial charge in [-0.3, -0.25) is 0 Å². The third-order valence-electron chi connectivity index (χ3n) is 9.23. The fourth-order valence-corrected chi connectivity index (χ4v) is 5.98. The highest BCUT2D eigenvalue weighted by Crippen LogP contribution is 2.32. The van der Waals surface area contributed by atoms with E-state index in [0.717, 1.165) is 72.8 Å². The number of hydrogen-bond donors (Lipinski definition) is 4. The van der Waals surface area contributed by atoms with Gasteiger partial charge in [0.25, 0.3) is 0 Å². The Labute approximate surface area is 399 Å². The highest BCUT2D eigenvalue weighted by atomic mass is 19.4. The van der Waals surface area contributed by atoms with E-state index in [1.54, 1.807) is 24.3 Å². The number of alkyl halides is 12. The van der Waals surface area contributed by atoms with Crippen LogP contribution < -0.4 is 31.0 Å². The summed E-state index contributed by atoms with van der Waals surface area (Å²) in [6.45, 7) is 0. The number of nitrogens with one attached hydrogen (secondary N) is 4. The largest absolute Gasteiger partial charge is 0.573 e. The number of anilines is 2. The predicted octanol–water partition coefficient (Wildman–Crippen LogP) is 12.5. The molecule has 0 bridgehead atoms. The molecule has 0 aliphatic heterocycles. The first-order valence-electron chi connectivity index (χ1n) is 20.2. The minimum atomic E-state index is -4.87. The van der Waals surface area contributed by atoms with Gasteiger partial charge in [-0.15, -0.1) is 26.3 Å². The van der Waals surface area contributed by atoms with Crippen molar-refractivity contribution in [1.82, 2.24) is 10.9 Å². The summed E-state index contributed by atoms with van der Waals surface area (Å²) >= 11 is 0. The first kappa shape index (κ1) is 53.9. The zero-order chi connectivity index (χ0) is 52.7. The number of hydrogen-bond acceptors (Lipinski definition) is 8. The number of amides is 4. The van der Waals surface area contributed by atoms with Crippen LogP contribution in [0.25, 0.3) is 0 Å². The third-order valence-corrected chi connectivity index (χ3v) is 9.23. The van der Waals surface area contributed by atoms with E-state index in [0.29, 0.717) is 22.3 Å². The normalized spacial score (nSPS) is 12.0. The Kier molecular flexibility index (Phi) is 17.6. The van der Waals surface area contributed by atoms with Gasteiger partial charge in [0.05, 0.1) is 45.8 Å². The third kappa shape index (κ3) is 17.8. The van der Waals surface area contributed by atoms with Crippen LogP contribution in [0.2, 0.25) is 0 Å². The van der Waals surface area contributed by atoms with Crippen LogP contribution in [0.3, 0.4) is 0 Å². The fourth-order valence-electron chi connectivity index (χ4n) is 5.98. The van der Waals surface area contributed by atoms with Crippen molar-refractivity contribution in [3.8, 4) is 23.6 Å². The maximum atomic E-state index is 13.2. The van der Waals surface area contributed by atoms with E-state index < -0.39 is 59.8 Å². The first-order valence-corrected chi connectivity index (χ1v) is 20.2. The number of urea groups is 2. The quantitative estimate of drug-likeness (QED) is 0.0539. The smallest absolute Gasteiger partial charge is 0.406 e. The van der Waals surface area contributed by atoms with Gasteiger partial charge in [0.15, 0.2) is 0 Å². The topological polar surface area (TPSA) is 173 Å². The van der Waals surface area contributed by atoms with Crippen molar-refractivity contribution in [3.05, 3.63) is 190 Å². The SMILES string of the molecule is N#Cc1ccc(C/C(=N/NC(=O)Nc2ccc(OC(F)(F)F)cc2)c2cccc(C(F)(F)F)c2)cc1.N#Cc1ccc(C/C(=N\NC(=O)Nc2ccc(OC(F)(F)F)cc2)c2cccc(C(F)(F)F)c2)cc1. The van der Waals surface area contributed by atoms with E-state index in [-0.39, 0.29) is 46.8 Å². The lowest BCUT2D eigenvalue weighted by Gasteiger charge is -2.12. The van der Waals surface area contributed by atoms with Gasteiger partial charge in [-0.05, 0) is 119 Å². The number of carbonyl (C=O) groups excluding carboxylic acids is 2. The zero-order valence-electron chi connectivity index (χ0n) is 36.2. The molecule has 0 aliphatic carbocycles. The van der Waals surface area contributed by atoms with Crippen LogP contribution >= 0.6 is 0 Å². The number of benzene rings is 6. The molecule has 0 aliphatic rings. The van der Waals surface area contributed by atoms with Gasteiger partial charge in [-0.25, -0.2) is 20.4 Å². The summed E-state index contributed by atoms with van der Waals surface area (Å²) in [4.78, 5) is 24.5. The summed E-state index contributed by atoms with van der Waals surface area (Å²) in [5, 5.41) is 30.5. The molecule has 0 heterocycles. The predicted molar refractivity (Wildman–Crippen MR) is 236 cm³/mol. The van der Waals surface area contributed by atoms with Gasteiger partial charge in [0, 0.05) is 24.2 Å². The molecule has 372 valence electrons. The molecule has 6 rings (SSSR count). The fraction of sp³-hybridized carbons (Fsp3) is 0.125. The number of rotatable bonds is 12. The van der Waals surface area contributed by atoms with Crippen molar-refractivity contribution in [2.24, 2.45) is 10.2 Å². The first-order chi connectivity index (χ1) is 33.8.